The number of nitrogens with one attached hydrogen (secondary N) is 1. The van der Waals surface area contributed by atoms with Gasteiger partial charge in [0, 0.05) is 10.0 Å². The van der Waals surface area contributed by atoms with Crippen LogP contribution in [0, 0.1) is 0 Å². The summed E-state index contributed by atoms with van der Waals surface area (Å²) in [4.78, 5) is 16.9. The zero-order chi connectivity index (χ0) is 17.3. The van der Waals surface area contributed by atoms with Crippen LogP contribution in [-0.2, 0) is 4.79 Å². The Morgan fingerprint density at radius 2 is 1.75 bits per heavy atom. The molecule has 24 heavy (non-hydrogen) atoms. The lowest BCUT2D eigenvalue weighted by atomic mass is 10.2. The van der Waals surface area contributed by atoms with E-state index < -0.39 is 0 Å². The highest BCUT2D eigenvalue weighted by molar-refractivity contribution is 8.18. The van der Waals surface area contributed by atoms with Crippen molar-refractivity contribution in [2.45, 2.75) is 0 Å². The third kappa shape index (κ3) is 4.08. The van der Waals surface area contributed by atoms with Crippen molar-refractivity contribution in [3.63, 3.8) is 0 Å². The molecule has 1 saturated heterocycles. The van der Waals surface area contributed by atoms with E-state index in [1.54, 1.807) is 42.5 Å². The van der Waals surface area contributed by atoms with Crippen LogP contribution in [0.15, 0.2) is 46.3 Å². The van der Waals surface area contributed by atoms with Crippen LogP contribution in [0.1, 0.15) is 5.56 Å². The molecule has 0 aliphatic carbocycles. The number of thioether (sulfide) groups is 1. The van der Waals surface area contributed by atoms with E-state index in [0.717, 1.165) is 0 Å². The number of carbonyl (C=O) groups excluding carboxylic acids is 1. The Kier molecular flexibility index (Phi) is 5.42. The average molecular weight is 418 g/mol. The highest BCUT2D eigenvalue weighted by Gasteiger charge is 2.24. The van der Waals surface area contributed by atoms with Gasteiger partial charge in [-0.3, -0.25) is 4.79 Å². The van der Waals surface area contributed by atoms with Crippen molar-refractivity contribution >= 4 is 81.0 Å². The molecule has 1 heterocycles. The Morgan fingerprint density at radius 1 is 0.958 bits per heavy atom. The predicted molar refractivity (Wildman–Crippen MR) is 104 cm³/mol. The first-order valence-electron chi connectivity index (χ1n) is 6.62. The van der Waals surface area contributed by atoms with Crippen LogP contribution in [0.2, 0.25) is 20.1 Å². The zero-order valence-corrected chi connectivity index (χ0v) is 15.7. The Bertz CT molecular complexity index is 896. The molecule has 2 aromatic carbocycles. The van der Waals surface area contributed by atoms with Crippen molar-refractivity contribution in [1.29, 1.82) is 0 Å². The van der Waals surface area contributed by atoms with E-state index in [-0.39, 0.29) is 5.91 Å². The minimum Gasteiger partial charge on any atom is -0.300 e. The van der Waals surface area contributed by atoms with Gasteiger partial charge in [-0.25, -0.2) is 4.99 Å². The average Bonchev–Trinajstić information content (AvgIpc) is 2.85. The van der Waals surface area contributed by atoms with Gasteiger partial charge in [-0.05, 0) is 53.7 Å². The fourth-order valence-corrected chi connectivity index (χ4v) is 3.50. The molecule has 0 spiro atoms. The summed E-state index contributed by atoms with van der Waals surface area (Å²) in [5.74, 6) is -0.246. The van der Waals surface area contributed by atoms with Gasteiger partial charge in [0.25, 0.3) is 5.91 Å². The van der Waals surface area contributed by atoms with Crippen LogP contribution >= 0.6 is 58.2 Å². The molecule has 0 unspecified atom stereocenters. The second-order valence-corrected chi connectivity index (χ2v) is 7.43. The summed E-state index contributed by atoms with van der Waals surface area (Å²) in [5.41, 5.74) is 1.30. The van der Waals surface area contributed by atoms with Gasteiger partial charge in [0.2, 0.25) is 0 Å². The van der Waals surface area contributed by atoms with Crippen LogP contribution in [0.4, 0.5) is 5.69 Å². The van der Waals surface area contributed by atoms with Gasteiger partial charge < -0.3 is 5.32 Å². The molecule has 0 saturated carbocycles. The monoisotopic (exact) mass is 416 g/mol. The van der Waals surface area contributed by atoms with E-state index in [0.29, 0.717) is 41.4 Å². The first-order chi connectivity index (χ1) is 11.4. The van der Waals surface area contributed by atoms with Gasteiger partial charge in [0.05, 0.1) is 20.6 Å². The lowest BCUT2D eigenvalue weighted by Crippen LogP contribution is -2.19. The number of carbonyl (C=O) groups is 1. The second kappa shape index (κ2) is 7.38. The van der Waals surface area contributed by atoms with Crippen LogP contribution in [0.25, 0.3) is 6.08 Å². The fourth-order valence-electron chi connectivity index (χ4n) is 1.91. The van der Waals surface area contributed by atoms with E-state index >= 15 is 0 Å². The molecule has 1 fully saturated rings. The molecular weight excluding hydrogens is 410 g/mol. The van der Waals surface area contributed by atoms with Crippen molar-refractivity contribution in [3.05, 3.63) is 67.0 Å². The molecule has 1 aliphatic rings. The topological polar surface area (TPSA) is 41.5 Å². The number of rotatable bonds is 2. The highest BCUT2D eigenvalue weighted by Crippen LogP contribution is 2.32. The Balaban J connectivity index is 1.86. The summed E-state index contributed by atoms with van der Waals surface area (Å²) in [6.07, 6.45) is 1.69. The molecule has 0 bridgehead atoms. The maximum absolute atomic E-state index is 12.1. The molecule has 2 aromatic rings. The van der Waals surface area contributed by atoms with Gasteiger partial charge in [0.1, 0.15) is 0 Å². The van der Waals surface area contributed by atoms with Crippen LogP contribution in [0.3, 0.4) is 0 Å². The Morgan fingerprint density at radius 3 is 2.46 bits per heavy atom. The first kappa shape index (κ1) is 17.6. The SMILES string of the molecule is O=C1NC(=Nc2ccc(Cl)c(Cl)c2)S/C1=C\c1ccc(Cl)cc1Cl. The molecular formula is C16H8Cl4N2OS. The smallest absolute Gasteiger partial charge is 0.264 e. The van der Waals surface area contributed by atoms with Crippen LogP contribution < -0.4 is 5.32 Å². The lowest BCUT2D eigenvalue weighted by molar-refractivity contribution is -0.115. The maximum atomic E-state index is 12.1. The van der Waals surface area contributed by atoms with E-state index in [1.807, 2.05) is 0 Å². The van der Waals surface area contributed by atoms with Crippen molar-refractivity contribution in [3.8, 4) is 0 Å². The molecule has 1 N–H and O–H groups in total. The minimum atomic E-state index is -0.246. The number of hydrogen-bond acceptors (Lipinski definition) is 3. The largest absolute Gasteiger partial charge is 0.300 e. The molecule has 3 rings (SSSR count). The van der Waals surface area contributed by atoms with Gasteiger partial charge in [-0.1, -0.05) is 52.5 Å². The highest BCUT2D eigenvalue weighted by atomic mass is 35.5. The number of amidine groups is 1. The summed E-state index contributed by atoms with van der Waals surface area (Å²) in [6.45, 7) is 0. The van der Waals surface area contributed by atoms with Crippen molar-refractivity contribution < 1.29 is 4.79 Å². The van der Waals surface area contributed by atoms with E-state index in [4.69, 9.17) is 46.4 Å². The molecule has 1 aliphatic heterocycles. The Labute approximate surface area is 162 Å². The number of hydrogen-bond donors (Lipinski definition) is 1. The van der Waals surface area contributed by atoms with Crippen LogP contribution in [0.5, 0.6) is 0 Å². The van der Waals surface area contributed by atoms with Crippen LogP contribution in [-0.4, -0.2) is 11.1 Å². The zero-order valence-electron chi connectivity index (χ0n) is 11.8. The standard InChI is InChI=1S/C16H8Cl4N2OS/c17-9-2-1-8(12(19)6-9)5-14-15(23)22-16(24-14)21-10-3-4-11(18)13(20)7-10/h1-7H,(H,21,22,23)/b14-5-. The van der Waals surface area contributed by atoms with E-state index in [1.165, 1.54) is 11.8 Å². The maximum Gasteiger partial charge on any atom is 0.264 e. The number of benzene rings is 2. The fraction of sp³-hybridized carbons (Fsp3) is 0. The van der Waals surface area contributed by atoms with Crippen molar-refractivity contribution in [1.82, 2.24) is 5.32 Å². The van der Waals surface area contributed by atoms with Gasteiger partial charge in [-0.15, -0.1) is 0 Å². The van der Waals surface area contributed by atoms with Gasteiger partial charge >= 0.3 is 0 Å². The molecule has 1 amide bonds. The van der Waals surface area contributed by atoms with Crippen molar-refractivity contribution in [2.75, 3.05) is 0 Å². The molecule has 0 aromatic heterocycles. The minimum absolute atomic E-state index is 0.246. The summed E-state index contributed by atoms with van der Waals surface area (Å²) in [5, 5.41) is 5.00. The normalized spacial score (nSPS) is 17.6. The Hall–Kier alpha value is -1.17. The summed E-state index contributed by atoms with van der Waals surface area (Å²) in [7, 11) is 0. The number of amides is 1. The third-order valence-electron chi connectivity index (χ3n) is 3.03. The number of nitrogens with zero attached hydrogens (tertiary/aromatic N) is 1. The van der Waals surface area contributed by atoms with Gasteiger partial charge in [0.15, 0.2) is 5.17 Å². The van der Waals surface area contributed by atoms with Gasteiger partial charge in [-0.2, -0.15) is 0 Å². The third-order valence-corrected chi connectivity index (χ3v) is 5.25. The second-order valence-electron chi connectivity index (χ2n) is 4.75. The predicted octanol–water partition coefficient (Wildman–Crippen LogP) is 6.19. The molecule has 122 valence electrons. The molecule has 8 heteroatoms. The number of aliphatic imine (C=N–C) groups is 1. The van der Waals surface area contributed by atoms with E-state index in [2.05, 4.69) is 10.3 Å². The molecule has 3 nitrogen and oxygen atoms in total. The molecule has 0 radical (unpaired) electrons. The molecule has 0 atom stereocenters. The summed E-state index contributed by atoms with van der Waals surface area (Å²) in [6, 6.07) is 10.1. The summed E-state index contributed by atoms with van der Waals surface area (Å²) < 4.78 is 0. The van der Waals surface area contributed by atoms with E-state index in [9.17, 15) is 4.79 Å². The quantitative estimate of drug-likeness (QED) is 0.591. The first-order valence-corrected chi connectivity index (χ1v) is 8.95. The summed E-state index contributed by atoms with van der Waals surface area (Å²) >= 11 is 25.0. The lowest BCUT2D eigenvalue weighted by Gasteiger charge is -1.99. The number of halogens is 4. The van der Waals surface area contributed by atoms with Crippen molar-refractivity contribution in [2.24, 2.45) is 4.99 Å².